The van der Waals surface area contributed by atoms with Crippen LogP contribution in [0, 0.1) is 5.92 Å². The molecule has 0 aliphatic heterocycles. The molecule has 0 heterocycles. The van der Waals surface area contributed by atoms with E-state index in [1.54, 1.807) is 0 Å². The van der Waals surface area contributed by atoms with Gasteiger partial charge in [-0.2, -0.15) is 0 Å². The normalized spacial score (nSPS) is 12.5. The molecule has 1 unspecified atom stereocenters. The Bertz CT molecular complexity index is 226. The molecule has 0 aromatic carbocycles. The third kappa shape index (κ3) is 8.26. The number of carboxylic acids is 1. The van der Waals surface area contributed by atoms with Crippen LogP contribution in [0.2, 0.25) is 0 Å². The van der Waals surface area contributed by atoms with Crippen LogP contribution >= 0.6 is 0 Å². The number of nitrogens with one attached hydrogen (secondary N) is 1. The van der Waals surface area contributed by atoms with Crippen LogP contribution in [0.25, 0.3) is 0 Å². The lowest BCUT2D eigenvalue weighted by Crippen LogP contribution is -2.36. The van der Waals surface area contributed by atoms with Gasteiger partial charge in [0.25, 0.3) is 0 Å². The minimum Gasteiger partial charge on any atom is -0.481 e. The van der Waals surface area contributed by atoms with Gasteiger partial charge in [0.15, 0.2) is 0 Å². The van der Waals surface area contributed by atoms with Crippen molar-refractivity contribution in [3.05, 3.63) is 0 Å². The zero-order valence-corrected chi connectivity index (χ0v) is 10.5. The first kappa shape index (κ1) is 14.9. The van der Waals surface area contributed by atoms with E-state index in [9.17, 15) is 9.59 Å². The maximum absolute atomic E-state index is 11.5. The van der Waals surface area contributed by atoms with Crippen LogP contribution in [0.15, 0.2) is 0 Å². The molecule has 0 saturated carbocycles. The quantitative estimate of drug-likeness (QED) is 0.670. The van der Waals surface area contributed by atoms with Gasteiger partial charge >= 0.3 is 5.97 Å². The van der Waals surface area contributed by atoms with Crippen LogP contribution in [0.5, 0.6) is 0 Å². The van der Waals surface area contributed by atoms with Gasteiger partial charge in [-0.05, 0) is 18.8 Å². The van der Waals surface area contributed by atoms with E-state index >= 15 is 0 Å². The molecule has 0 radical (unpaired) electrons. The van der Waals surface area contributed by atoms with Crippen molar-refractivity contribution in [1.29, 1.82) is 0 Å². The van der Waals surface area contributed by atoms with E-state index in [-0.39, 0.29) is 18.4 Å². The molecule has 0 spiro atoms. The Morgan fingerprint density at radius 1 is 1.25 bits per heavy atom. The molecule has 0 aromatic heterocycles. The SMILES string of the molecule is CCCC(CC(=O)O)NC(=O)CCC(C)C. The van der Waals surface area contributed by atoms with Crippen molar-refractivity contribution in [2.75, 3.05) is 0 Å². The minimum atomic E-state index is -0.859. The summed E-state index contributed by atoms with van der Waals surface area (Å²) in [6, 6.07) is -0.220. The van der Waals surface area contributed by atoms with Crippen molar-refractivity contribution in [2.24, 2.45) is 5.92 Å². The molecule has 0 aromatic rings. The van der Waals surface area contributed by atoms with E-state index in [0.717, 1.165) is 19.3 Å². The van der Waals surface area contributed by atoms with Gasteiger partial charge in [-0.15, -0.1) is 0 Å². The Hall–Kier alpha value is -1.06. The molecule has 16 heavy (non-hydrogen) atoms. The number of hydrogen-bond donors (Lipinski definition) is 2. The molecule has 0 aliphatic carbocycles. The average Bonchev–Trinajstić information content (AvgIpc) is 2.14. The van der Waals surface area contributed by atoms with Crippen molar-refractivity contribution in [3.8, 4) is 0 Å². The molecule has 1 amide bonds. The standard InChI is InChI=1S/C12H23NO3/c1-4-5-10(8-12(15)16)13-11(14)7-6-9(2)3/h9-10H,4-8H2,1-3H3,(H,13,14)(H,15,16). The van der Waals surface area contributed by atoms with E-state index < -0.39 is 5.97 Å². The molecule has 0 aliphatic rings. The van der Waals surface area contributed by atoms with Gasteiger partial charge in [0.1, 0.15) is 0 Å². The Labute approximate surface area is 97.4 Å². The highest BCUT2D eigenvalue weighted by Gasteiger charge is 2.14. The second-order valence-electron chi connectivity index (χ2n) is 4.58. The molecule has 0 bridgehead atoms. The average molecular weight is 229 g/mol. The first-order valence-electron chi connectivity index (χ1n) is 5.96. The summed E-state index contributed by atoms with van der Waals surface area (Å²) in [4.78, 5) is 22.1. The van der Waals surface area contributed by atoms with E-state index in [1.165, 1.54) is 0 Å². The highest BCUT2D eigenvalue weighted by Crippen LogP contribution is 2.06. The summed E-state index contributed by atoms with van der Waals surface area (Å²) >= 11 is 0. The van der Waals surface area contributed by atoms with Gasteiger partial charge in [0, 0.05) is 12.5 Å². The summed E-state index contributed by atoms with van der Waals surface area (Å²) < 4.78 is 0. The second kappa shape index (κ2) is 8.13. The van der Waals surface area contributed by atoms with Crippen molar-refractivity contribution >= 4 is 11.9 Å². The first-order chi connectivity index (χ1) is 7.45. The third-order valence-electron chi connectivity index (χ3n) is 2.37. The maximum Gasteiger partial charge on any atom is 0.305 e. The van der Waals surface area contributed by atoms with Gasteiger partial charge in [-0.3, -0.25) is 9.59 Å². The lowest BCUT2D eigenvalue weighted by molar-refractivity contribution is -0.137. The molecule has 4 nitrogen and oxygen atoms in total. The van der Waals surface area contributed by atoms with Crippen LogP contribution in [0.4, 0.5) is 0 Å². The Kier molecular flexibility index (Phi) is 7.60. The number of aliphatic carboxylic acids is 1. The predicted octanol–water partition coefficient (Wildman–Crippen LogP) is 2.18. The fourth-order valence-corrected chi connectivity index (χ4v) is 1.50. The smallest absolute Gasteiger partial charge is 0.305 e. The second-order valence-corrected chi connectivity index (χ2v) is 4.58. The largest absolute Gasteiger partial charge is 0.481 e. The Morgan fingerprint density at radius 3 is 2.31 bits per heavy atom. The summed E-state index contributed by atoms with van der Waals surface area (Å²) in [6.07, 6.45) is 2.94. The van der Waals surface area contributed by atoms with Gasteiger partial charge in [-0.25, -0.2) is 0 Å². The number of hydrogen-bond acceptors (Lipinski definition) is 2. The van der Waals surface area contributed by atoms with Crippen molar-refractivity contribution in [2.45, 2.75) is 58.9 Å². The fourth-order valence-electron chi connectivity index (χ4n) is 1.50. The maximum atomic E-state index is 11.5. The highest BCUT2D eigenvalue weighted by molar-refractivity contribution is 5.77. The number of rotatable bonds is 8. The lowest BCUT2D eigenvalue weighted by Gasteiger charge is -2.16. The van der Waals surface area contributed by atoms with Crippen molar-refractivity contribution < 1.29 is 14.7 Å². The van der Waals surface area contributed by atoms with E-state index in [0.29, 0.717) is 12.3 Å². The van der Waals surface area contributed by atoms with Crippen LogP contribution in [-0.2, 0) is 9.59 Å². The molecule has 94 valence electrons. The predicted molar refractivity (Wildman–Crippen MR) is 63.2 cm³/mol. The fraction of sp³-hybridized carbons (Fsp3) is 0.833. The van der Waals surface area contributed by atoms with Crippen LogP contribution in [0.3, 0.4) is 0 Å². The summed E-state index contributed by atoms with van der Waals surface area (Å²) in [5.74, 6) is -0.397. The van der Waals surface area contributed by atoms with Crippen molar-refractivity contribution in [3.63, 3.8) is 0 Å². The number of carboxylic acid groups (broad SMARTS) is 1. The van der Waals surface area contributed by atoms with Crippen LogP contribution < -0.4 is 5.32 Å². The summed E-state index contributed by atoms with van der Waals surface area (Å²) in [5, 5.41) is 11.5. The monoisotopic (exact) mass is 229 g/mol. The summed E-state index contributed by atoms with van der Waals surface area (Å²) in [6.45, 7) is 6.11. The Morgan fingerprint density at radius 2 is 1.88 bits per heavy atom. The topological polar surface area (TPSA) is 66.4 Å². The highest BCUT2D eigenvalue weighted by atomic mass is 16.4. The minimum absolute atomic E-state index is 0.0151. The van der Waals surface area contributed by atoms with Gasteiger partial charge < -0.3 is 10.4 Å². The molecule has 1 atom stereocenters. The van der Waals surface area contributed by atoms with Gasteiger partial charge in [0.05, 0.1) is 6.42 Å². The molecule has 4 heteroatoms. The lowest BCUT2D eigenvalue weighted by atomic mass is 10.1. The Balaban J connectivity index is 3.97. The van der Waals surface area contributed by atoms with E-state index in [1.807, 2.05) is 6.92 Å². The number of carbonyl (C=O) groups is 2. The molecule has 0 saturated heterocycles. The summed E-state index contributed by atoms with van der Waals surface area (Å²) in [7, 11) is 0. The zero-order valence-electron chi connectivity index (χ0n) is 10.5. The molecule has 0 rings (SSSR count). The molecular weight excluding hydrogens is 206 g/mol. The summed E-state index contributed by atoms with van der Waals surface area (Å²) in [5.41, 5.74) is 0. The third-order valence-corrected chi connectivity index (χ3v) is 2.37. The molecule has 2 N–H and O–H groups in total. The first-order valence-corrected chi connectivity index (χ1v) is 5.96. The van der Waals surface area contributed by atoms with Gasteiger partial charge in [-0.1, -0.05) is 27.2 Å². The van der Waals surface area contributed by atoms with E-state index in [4.69, 9.17) is 5.11 Å². The van der Waals surface area contributed by atoms with Gasteiger partial charge in [0.2, 0.25) is 5.91 Å². The van der Waals surface area contributed by atoms with Crippen molar-refractivity contribution in [1.82, 2.24) is 5.32 Å². The molecule has 0 fully saturated rings. The number of carbonyl (C=O) groups excluding carboxylic acids is 1. The molecular formula is C12H23NO3. The number of amides is 1. The van der Waals surface area contributed by atoms with Crippen LogP contribution in [-0.4, -0.2) is 23.0 Å². The zero-order chi connectivity index (χ0) is 12.6. The van der Waals surface area contributed by atoms with Crippen LogP contribution in [0.1, 0.15) is 52.9 Å². The van der Waals surface area contributed by atoms with E-state index in [2.05, 4.69) is 19.2 Å².